The number of amides is 1. The van der Waals surface area contributed by atoms with Crippen molar-refractivity contribution < 1.29 is 14.3 Å². The van der Waals surface area contributed by atoms with Gasteiger partial charge in [-0.05, 0) is 42.0 Å². The van der Waals surface area contributed by atoms with Crippen molar-refractivity contribution in [2.75, 3.05) is 0 Å². The van der Waals surface area contributed by atoms with Crippen LogP contribution in [-0.2, 0) is 16.8 Å². The first-order valence-electron chi connectivity index (χ1n) is 11.2. The number of hydrogen-bond donors (Lipinski definition) is 1. The summed E-state index contributed by atoms with van der Waals surface area (Å²) in [7, 11) is 0. The van der Waals surface area contributed by atoms with Gasteiger partial charge in [-0.15, -0.1) is 0 Å². The van der Waals surface area contributed by atoms with Crippen LogP contribution >= 0.6 is 0 Å². The van der Waals surface area contributed by atoms with Crippen LogP contribution in [-0.4, -0.2) is 21.7 Å². The molecule has 0 bridgehead atoms. The van der Waals surface area contributed by atoms with E-state index in [9.17, 15) is 9.59 Å². The third kappa shape index (κ3) is 5.45. The number of para-hydroxylation sites is 1. The summed E-state index contributed by atoms with van der Waals surface area (Å²) in [6, 6.07) is 15.8. The van der Waals surface area contributed by atoms with Gasteiger partial charge >= 0.3 is 0 Å². The number of rotatable bonds is 8. The van der Waals surface area contributed by atoms with Gasteiger partial charge in [0.05, 0.1) is 11.0 Å². The zero-order valence-electron chi connectivity index (χ0n) is 19.3. The number of ketones is 1. The van der Waals surface area contributed by atoms with E-state index in [1.165, 1.54) is 18.7 Å². The third-order valence-corrected chi connectivity index (χ3v) is 6.02. The van der Waals surface area contributed by atoms with E-state index in [2.05, 4.69) is 42.1 Å². The summed E-state index contributed by atoms with van der Waals surface area (Å²) in [6.45, 7) is 6.89. The fourth-order valence-electron chi connectivity index (χ4n) is 3.83. The van der Waals surface area contributed by atoms with Crippen LogP contribution in [0.25, 0.3) is 0 Å². The van der Waals surface area contributed by atoms with E-state index in [1.807, 2.05) is 42.5 Å². The van der Waals surface area contributed by atoms with E-state index in [4.69, 9.17) is 4.74 Å². The molecular weight excluding hydrogens is 414 g/mol. The van der Waals surface area contributed by atoms with Crippen LogP contribution in [0.4, 0.5) is 0 Å². The molecule has 6 heteroatoms. The zero-order chi connectivity index (χ0) is 23.5. The molecule has 1 amide bonds. The van der Waals surface area contributed by atoms with Crippen molar-refractivity contribution in [3.63, 3.8) is 0 Å². The number of nitrogens with zero attached hydrogens (tertiary/aromatic N) is 2. The fraction of sp³-hybridized carbons (Fsp3) is 0.333. The monoisotopic (exact) mass is 443 g/mol. The highest BCUT2D eigenvalue weighted by Crippen LogP contribution is 2.49. The van der Waals surface area contributed by atoms with E-state index in [0.717, 1.165) is 35.5 Å². The van der Waals surface area contributed by atoms with Crippen LogP contribution in [0.5, 0.6) is 11.5 Å². The molecule has 3 aromatic rings. The Morgan fingerprint density at radius 1 is 1.00 bits per heavy atom. The molecule has 1 N–H and O–H groups in total. The molecule has 6 nitrogen and oxygen atoms in total. The molecule has 1 fully saturated rings. The Labute approximate surface area is 194 Å². The first-order chi connectivity index (χ1) is 15.8. The van der Waals surface area contributed by atoms with Crippen LogP contribution in [0, 0.1) is 5.41 Å². The normalized spacial score (nSPS) is 14.4. The van der Waals surface area contributed by atoms with Crippen molar-refractivity contribution in [1.82, 2.24) is 15.3 Å². The summed E-state index contributed by atoms with van der Waals surface area (Å²) in [4.78, 5) is 33.0. The zero-order valence-corrected chi connectivity index (χ0v) is 19.3. The molecule has 1 heterocycles. The molecule has 1 aliphatic rings. The molecule has 0 aliphatic heterocycles. The third-order valence-electron chi connectivity index (χ3n) is 6.02. The van der Waals surface area contributed by atoms with E-state index < -0.39 is 5.41 Å². The quantitative estimate of drug-likeness (QED) is 0.482. The van der Waals surface area contributed by atoms with Crippen LogP contribution in [0.3, 0.4) is 0 Å². The van der Waals surface area contributed by atoms with Crippen LogP contribution in [0.15, 0.2) is 67.3 Å². The van der Waals surface area contributed by atoms with Crippen LogP contribution in [0.2, 0.25) is 0 Å². The summed E-state index contributed by atoms with van der Waals surface area (Å²) < 4.78 is 6.13. The Bertz CT molecular complexity index is 1130. The molecule has 1 saturated carbocycles. The first kappa shape index (κ1) is 22.6. The number of aromatic nitrogens is 2. The number of benzene rings is 2. The second-order valence-electron chi connectivity index (χ2n) is 9.68. The topological polar surface area (TPSA) is 81.2 Å². The second kappa shape index (κ2) is 9.14. The maximum absolute atomic E-state index is 12.8. The number of carbonyl (C=O) groups excluding carboxylic acids is 2. The van der Waals surface area contributed by atoms with E-state index in [-0.39, 0.29) is 23.5 Å². The smallest absolute Gasteiger partial charge is 0.226 e. The molecule has 2 aromatic carbocycles. The average molecular weight is 444 g/mol. The minimum absolute atomic E-state index is 0.0193. The van der Waals surface area contributed by atoms with Gasteiger partial charge in [0.2, 0.25) is 5.91 Å². The van der Waals surface area contributed by atoms with Gasteiger partial charge in [-0.3, -0.25) is 9.59 Å². The predicted molar refractivity (Wildman–Crippen MR) is 126 cm³/mol. The lowest BCUT2D eigenvalue weighted by atomic mass is 9.86. The highest BCUT2D eigenvalue weighted by molar-refractivity contribution is 6.00. The average Bonchev–Trinajstić information content (AvgIpc) is 3.59. The van der Waals surface area contributed by atoms with Crippen molar-refractivity contribution in [3.8, 4) is 11.5 Å². The van der Waals surface area contributed by atoms with Crippen molar-refractivity contribution >= 4 is 11.7 Å². The highest BCUT2D eigenvalue weighted by atomic mass is 16.5. The largest absolute Gasteiger partial charge is 0.457 e. The molecule has 1 aliphatic carbocycles. The lowest BCUT2D eigenvalue weighted by molar-refractivity contribution is -0.126. The summed E-state index contributed by atoms with van der Waals surface area (Å²) in [5.74, 6) is 1.42. The summed E-state index contributed by atoms with van der Waals surface area (Å²) in [5.41, 5.74) is 1.94. The molecule has 33 heavy (non-hydrogen) atoms. The molecule has 0 spiro atoms. The van der Waals surface area contributed by atoms with Gasteiger partial charge in [-0.1, -0.05) is 51.1 Å². The lowest BCUT2D eigenvalue weighted by Gasteiger charge is -2.22. The van der Waals surface area contributed by atoms with Crippen molar-refractivity contribution in [1.29, 1.82) is 0 Å². The van der Waals surface area contributed by atoms with Crippen molar-refractivity contribution in [2.24, 2.45) is 5.41 Å². The minimum atomic E-state index is -0.605. The molecule has 1 aromatic heterocycles. The molecule has 0 radical (unpaired) electrons. The van der Waals surface area contributed by atoms with E-state index in [1.54, 1.807) is 0 Å². The Kier molecular flexibility index (Phi) is 6.27. The van der Waals surface area contributed by atoms with Gasteiger partial charge in [-0.25, -0.2) is 9.97 Å². The highest BCUT2D eigenvalue weighted by Gasteiger charge is 2.51. The molecule has 4 rings (SSSR count). The van der Waals surface area contributed by atoms with Gasteiger partial charge in [-0.2, -0.15) is 0 Å². The van der Waals surface area contributed by atoms with E-state index in [0.29, 0.717) is 12.1 Å². The van der Waals surface area contributed by atoms with Gasteiger partial charge in [0.25, 0.3) is 0 Å². The predicted octanol–water partition coefficient (Wildman–Crippen LogP) is 5.24. The minimum Gasteiger partial charge on any atom is -0.457 e. The Morgan fingerprint density at radius 3 is 2.30 bits per heavy atom. The lowest BCUT2D eigenvalue weighted by Crippen LogP contribution is -2.33. The van der Waals surface area contributed by atoms with Gasteiger partial charge in [0.15, 0.2) is 5.78 Å². The number of carbonyl (C=O) groups is 2. The molecular formula is C27H29N3O3. The van der Waals surface area contributed by atoms with Crippen LogP contribution in [0.1, 0.15) is 61.5 Å². The van der Waals surface area contributed by atoms with Gasteiger partial charge in [0.1, 0.15) is 17.8 Å². The number of ether oxygens (including phenoxy) is 1. The fourth-order valence-corrected chi connectivity index (χ4v) is 3.83. The Balaban J connectivity index is 1.34. The van der Waals surface area contributed by atoms with Gasteiger partial charge in [0, 0.05) is 30.9 Å². The number of hydrogen-bond acceptors (Lipinski definition) is 5. The Morgan fingerprint density at radius 2 is 1.67 bits per heavy atom. The summed E-state index contributed by atoms with van der Waals surface area (Å²) in [6.07, 6.45) is 6.00. The van der Waals surface area contributed by atoms with E-state index >= 15 is 0 Å². The SMILES string of the molecule is CC(C)(C)c1ccccc1Oc1ccc(CNC(=O)C2(CC(=O)c3cncnc3)CC2)cc1. The number of nitrogens with one attached hydrogen (secondary N) is 1. The maximum atomic E-state index is 12.8. The van der Waals surface area contributed by atoms with Crippen molar-refractivity contribution in [2.45, 2.75) is 52.0 Å². The van der Waals surface area contributed by atoms with Crippen molar-refractivity contribution in [3.05, 3.63) is 83.9 Å². The number of Topliss-reactive ketones (excluding diaryl/α,β-unsaturated/α-hetero) is 1. The molecule has 0 atom stereocenters. The molecule has 0 saturated heterocycles. The van der Waals surface area contributed by atoms with Crippen LogP contribution < -0.4 is 10.1 Å². The molecule has 0 unspecified atom stereocenters. The second-order valence-corrected chi connectivity index (χ2v) is 9.68. The molecule has 170 valence electrons. The van der Waals surface area contributed by atoms with Gasteiger partial charge < -0.3 is 10.1 Å². The maximum Gasteiger partial charge on any atom is 0.226 e. The first-order valence-corrected chi connectivity index (χ1v) is 11.2. The summed E-state index contributed by atoms with van der Waals surface area (Å²) >= 11 is 0. The summed E-state index contributed by atoms with van der Waals surface area (Å²) in [5, 5.41) is 2.99. The standard InChI is InChI=1S/C27H29N3O3/c1-26(2,3)22-6-4-5-7-24(22)33-21-10-8-19(9-11-21)15-30-25(32)27(12-13-27)14-23(31)20-16-28-18-29-17-20/h4-11,16-18H,12-15H2,1-3H3,(H,30,32). The Hall–Kier alpha value is -3.54.